The molecule has 0 bridgehead atoms. The zero-order valence-corrected chi connectivity index (χ0v) is 8.72. The van der Waals surface area contributed by atoms with E-state index in [-0.39, 0.29) is 0 Å². The topological polar surface area (TPSA) is 32.3 Å². The molecule has 1 heterocycles. The van der Waals surface area contributed by atoms with E-state index in [0.717, 1.165) is 12.8 Å². The molecule has 0 aromatic carbocycles. The van der Waals surface area contributed by atoms with Crippen molar-refractivity contribution in [1.82, 2.24) is 5.32 Å². The molecule has 0 fully saturated rings. The van der Waals surface area contributed by atoms with Gasteiger partial charge in [-0.3, -0.25) is 0 Å². The average molecular weight is 181 g/mol. The molecule has 0 aromatic rings. The fraction of sp³-hybridized carbons (Fsp3) is 0.636. The summed E-state index contributed by atoms with van der Waals surface area (Å²) in [4.78, 5) is 0. The average Bonchev–Trinajstić information content (AvgIpc) is 2.00. The SMILES string of the molecule is CC(C)(C)CCC1=CNCC(O)=C1. The summed E-state index contributed by atoms with van der Waals surface area (Å²) in [6, 6.07) is 0. The molecule has 1 aliphatic heterocycles. The van der Waals surface area contributed by atoms with E-state index in [1.165, 1.54) is 5.57 Å². The minimum atomic E-state index is 0.363. The first-order valence-electron chi connectivity index (χ1n) is 4.79. The van der Waals surface area contributed by atoms with Gasteiger partial charge in [-0.2, -0.15) is 0 Å². The Labute approximate surface area is 80.3 Å². The third-order valence-corrected chi connectivity index (χ3v) is 2.09. The first-order chi connectivity index (χ1) is 5.97. The van der Waals surface area contributed by atoms with Crippen molar-refractivity contribution in [2.45, 2.75) is 33.6 Å². The number of aliphatic hydroxyl groups excluding tert-OH is 1. The second-order valence-electron chi connectivity index (χ2n) is 4.80. The van der Waals surface area contributed by atoms with E-state index in [1.807, 2.05) is 12.3 Å². The van der Waals surface area contributed by atoms with Crippen LogP contribution in [0.2, 0.25) is 0 Å². The molecule has 1 aliphatic rings. The van der Waals surface area contributed by atoms with Gasteiger partial charge in [0.1, 0.15) is 5.76 Å². The summed E-state index contributed by atoms with van der Waals surface area (Å²) in [6.07, 6.45) is 6.03. The van der Waals surface area contributed by atoms with Crippen molar-refractivity contribution in [3.8, 4) is 0 Å². The van der Waals surface area contributed by atoms with E-state index in [2.05, 4.69) is 26.1 Å². The van der Waals surface area contributed by atoms with Gasteiger partial charge >= 0.3 is 0 Å². The summed E-state index contributed by atoms with van der Waals surface area (Å²) in [6.45, 7) is 7.26. The van der Waals surface area contributed by atoms with E-state index in [0.29, 0.717) is 17.7 Å². The van der Waals surface area contributed by atoms with Gasteiger partial charge in [-0.05, 0) is 29.9 Å². The molecule has 2 nitrogen and oxygen atoms in total. The van der Waals surface area contributed by atoms with Gasteiger partial charge in [0.15, 0.2) is 0 Å². The Balaban J connectivity index is 2.42. The predicted molar refractivity (Wildman–Crippen MR) is 55.5 cm³/mol. The number of allylic oxidation sites excluding steroid dienone is 2. The van der Waals surface area contributed by atoms with Crippen molar-refractivity contribution >= 4 is 0 Å². The van der Waals surface area contributed by atoms with Crippen LogP contribution in [0.15, 0.2) is 23.6 Å². The van der Waals surface area contributed by atoms with Crippen molar-refractivity contribution in [3.63, 3.8) is 0 Å². The van der Waals surface area contributed by atoms with Gasteiger partial charge < -0.3 is 10.4 Å². The highest BCUT2D eigenvalue weighted by Crippen LogP contribution is 2.24. The van der Waals surface area contributed by atoms with Crippen molar-refractivity contribution < 1.29 is 5.11 Å². The summed E-state index contributed by atoms with van der Waals surface area (Å²) >= 11 is 0. The Bertz CT molecular complexity index is 233. The van der Waals surface area contributed by atoms with Crippen LogP contribution in [-0.2, 0) is 0 Å². The molecule has 0 aliphatic carbocycles. The molecular formula is C11H19NO. The molecule has 13 heavy (non-hydrogen) atoms. The molecule has 74 valence electrons. The third-order valence-electron chi connectivity index (χ3n) is 2.09. The van der Waals surface area contributed by atoms with E-state index >= 15 is 0 Å². The van der Waals surface area contributed by atoms with Gasteiger partial charge in [0.05, 0.1) is 6.54 Å². The lowest BCUT2D eigenvalue weighted by atomic mass is 9.88. The molecule has 0 atom stereocenters. The number of rotatable bonds is 2. The maximum Gasteiger partial charge on any atom is 0.112 e. The van der Waals surface area contributed by atoms with Crippen LogP contribution in [0.1, 0.15) is 33.6 Å². The normalized spacial score (nSPS) is 17.5. The molecule has 2 heteroatoms. The Morgan fingerprint density at radius 3 is 2.69 bits per heavy atom. The van der Waals surface area contributed by atoms with Gasteiger partial charge in [0.25, 0.3) is 0 Å². The van der Waals surface area contributed by atoms with Crippen LogP contribution < -0.4 is 5.32 Å². The number of hydrogen-bond donors (Lipinski definition) is 2. The summed E-state index contributed by atoms with van der Waals surface area (Å²) in [5, 5.41) is 12.3. The number of dihydropyridines is 1. The zero-order chi connectivity index (χ0) is 9.90. The Kier molecular flexibility index (Phi) is 3.02. The second kappa shape index (κ2) is 3.86. The quantitative estimate of drug-likeness (QED) is 0.686. The number of nitrogens with one attached hydrogen (secondary N) is 1. The third kappa shape index (κ3) is 4.02. The maximum absolute atomic E-state index is 9.27. The second-order valence-corrected chi connectivity index (χ2v) is 4.80. The fourth-order valence-electron chi connectivity index (χ4n) is 1.26. The minimum Gasteiger partial charge on any atom is -0.510 e. The van der Waals surface area contributed by atoms with Gasteiger partial charge in [0, 0.05) is 6.20 Å². The smallest absolute Gasteiger partial charge is 0.112 e. The van der Waals surface area contributed by atoms with Crippen molar-refractivity contribution in [3.05, 3.63) is 23.6 Å². The van der Waals surface area contributed by atoms with Crippen LogP contribution in [0.3, 0.4) is 0 Å². The van der Waals surface area contributed by atoms with Crippen molar-refractivity contribution in [2.24, 2.45) is 5.41 Å². The lowest BCUT2D eigenvalue weighted by Crippen LogP contribution is -2.15. The lowest BCUT2D eigenvalue weighted by molar-refractivity contribution is 0.372. The van der Waals surface area contributed by atoms with Crippen LogP contribution >= 0.6 is 0 Å². The first-order valence-corrected chi connectivity index (χ1v) is 4.79. The predicted octanol–water partition coefficient (Wildman–Crippen LogP) is 2.74. The van der Waals surface area contributed by atoms with Crippen LogP contribution in [0, 0.1) is 5.41 Å². The molecule has 0 saturated heterocycles. The summed E-state index contributed by atoms with van der Waals surface area (Å²) in [5.74, 6) is 0.436. The minimum absolute atomic E-state index is 0.363. The molecular weight excluding hydrogens is 162 g/mol. The highest BCUT2D eigenvalue weighted by atomic mass is 16.3. The van der Waals surface area contributed by atoms with Crippen molar-refractivity contribution in [1.29, 1.82) is 0 Å². The monoisotopic (exact) mass is 181 g/mol. The highest BCUT2D eigenvalue weighted by molar-refractivity contribution is 5.24. The van der Waals surface area contributed by atoms with Gasteiger partial charge in [-0.1, -0.05) is 20.8 Å². The van der Waals surface area contributed by atoms with E-state index in [9.17, 15) is 5.11 Å². The molecule has 1 rings (SSSR count). The summed E-state index contributed by atoms with van der Waals surface area (Å²) < 4.78 is 0. The fourth-order valence-corrected chi connectivity index (χ4v) is 1.26. The Hall–Kier alpha value is -0.920. The molecule has 0 spiro atoms. The lowest BCUT2D eigenvalue weighted by Gasteiger charge is -2.19. The van der Waals surface area contributed by atoms with Crippen molar-refractivity contribution in [2.75, 3.05) is 6.54 Å². The molecule has 0 aromatic heterocycles. The van der Waals surface area contributed by atoms with Crippen LogP contribution in [0.5, 0.6) is 0 Å². The van der Waals surface area contributed by atoms with Crippen LogP contribution in [0.25, 0.3) is 0 Å². The summed E-state index contributed by atoms with van der Waals surface area (Å²) in [7, 11) is 0. The van der Waals surface area contributed by atoms with Crippen LogP contribution in [0.4, 0.5) is 0 Å². The number of aliphatic hydroxyl groups is 1. The van der Waals surface area contributed by atoms with E-state index in [4.69, 9.17) is 0 Å². The van der Waals surface area contributed by atoms with E-state index in [1.54, 1.807) is 0 Å². The molecule has 0 saturated carbocycles. The van der Waals surface area contributed by atoms with Gasteiger partial charge in [-0.15, -0.1) is 0 Å². The molecule has 2 N–H and O–H groups in total. The molecule has 0 amide bonds. The largest absolute Gasteiger partial charge is 0.510 e. The van der Waals surface area contributed by atoms with Gasteiger partial charge in [-0.25, -0.2) is 0 Å². The first kappa shape index (κ1) is 10.2. The standard InChI is InChI=1S/C11H19NO/c1-11(2,3)5-4-9-6-10(13)8-12-7-9/h6-7,12-13H,4-5,8H2,1-3H3. The zero-order valence-electron chi connectivity index (χ0n) is 8.72. The Morgan fingerprint density at radius 1 is 1.46 bits per heavy atom. The molecule has 0 radical (unpaired) electrons. The number of hydrogen-bond acceptors (Lipinski definition) is 2. The summed E-state index contributed by atoms with van der Waals surface area (Å²) in [5.41, 5.74) is 1.56. The highest BCUT2D eigenvalue weighted by Gasteiger charge is 2.11. The Morgan fingerprint density at radius 2 is 2.15 bits per heavy atom. The van der Waals surface area contributed by atoms with Gasteiger partial charge in [0.2, 0.25) is 0 Å². The molecule has 0 unspecified atom stereocenters. The maximum atomic E-state index is 9.27. The van der Waals surface area contributed by atoms with Crippen LogP contribution in [-0.4, -0.2) is 11.7 Å². The van der Waals surface area contributed by atoms with E-state index < -0.39 is 0 Å².